The maximum absolute atomic E-state index is 11.4. The van der Waals surface area contributed by atoms with Crippen LogP contribution in [0.2, 0.25) is 48.9 Å². The number of carbonyl (C=O) groups excluding carboxylic acids is 1. The van der Waals surface area contributed by atoms with Crippen LogP contribution in [0.4, 0.5) is 0 Å². The Labute approximate surface area is 200 Å². The number of hydrogen-bond acceptors (Lipinski definition) is 6. The van der Waals surface area contributed by atoms with Crippen LogP contribution >= 0.6 is 0 Å². The number of carbonyl (C=O) groups is 1. The molecule has 1 unspecified atom stereocenters. The Balaban J connectivity index is 4.99. The first-order valence-electron chi connectivity index (χ1n) is 11.6. The molecule has 0 bridgehead atoms. The molecule has 0 aliphatic carbocycles. The Morgan fingerprint density at radius 1 is 0.906 bits per heavy atom. The van der Waals surface area contributed by atoms with E-state index < -0.39 is 37.3 Å². The van der Waals surface area contributed by atoms with Crippen molar-refractivity contribution >= 4 is 31.2 Å². The molecule has 0 saturated carbocycles. The van der Waals surface area contributed by atoms with Crippen molar-refractivity contribution in [2.24, 2.45) is 0 Å². The van der Waals surface area contributed by atoms with Crippen LogP contribution in [0.3, 0.4) is 0 Å². The highest BCUT2D eigenvalue weighted by Gasteiger charge is 2.49. The average molecular weight is 507 g/mol. The fourth-order valence-electron chi connectivity index (χ4n) is 2.57. The summed E-state index contributed by atoms with van der Waals surface area (Å²) in [4.78, 5) is 11.4. The fraction of sp³-hybridized carbons (Fsp3) is 0.870. The number of ether oxygens (including phenoxy) is 2. The number of esters is 1. The SMILES string of the molecule is C=C(C)C(=O)OCC(O)COCCC[Si](C)(O[Si](C)(C)C(C)(C)C)O[Si](C)(C)C(C)(C)C. The Kier molecular flexibility index (Phi) is 11.8. The summed E-state index contributed by atoms with van der Waals surface area (Å²) in [5, 5.41) is 10.2. The van der Waals surface area contributed by atoms with Gasteiger partial charge in [-0.15, -0.1) is 0 Å². The lowest BCUT2D eigenvalue weighted by molar-refractivity contribution is -0.143. The van der Waals surface area contributed by atoms with Crippen molar-refractivity contribution in [3.05, 3.63) is 12.2 Å². The standard InChI is InChI=1S/C23H50O6Si3/c1-19(2)21(25)27-18-20(24)17-26-15-14-16-32(13,28-30(9,10)22(3,4)5)29-31(11,12)23(6,7)8/h20,24H,1,14-18H2,2-13H3. The van der Waals surface area contributed by atoms with Crippen LogP contribution in [-0.2, 0) is 22.5 Å². The summed E-state index contributed by atoms with van der Waals surface area (Å²) in [6.07, 6.45) is -0.0570. The van der Waals surface area contributed by atoms with Gasteiger partial charge in [0.25, 0.3) is 0 Å². The van der Waals surface area contributed by atoms with Gasteiger partial charge in [0.2, 0.25) is 0 Å². The van der Waals surface area contributed by atoms with Gasteiger partial charge in [0.1, 0.15) is 12.7 Å². The lowest BCUT2D eigenvalue weighted by atomic mass is 10.2. The van der Waals surface area contributed by atoms with Gasteiger partial charge in [-0.1, -0.05) is 48.1 Å². The normalized spacial score (nSPS) is 14.9. The molecular weight excluding hydrogens is 457 g/mol. The molecule has 0 fully saturated rings. The topological polar surface area (TPSA) is 74.2 Å². The summed E-state index contributed by atoms with van der Waals surface area (Å²) in [5.74, 6) is -0.503. The molecule has 1 N–H and O–H groups in total. The van der Waals surface area contributed by atoms with E-state index in [1.807, 2.05) is 0 Å². The molecule has 0 radical (unpaired) electrons. The molecule has 0 aliphatic heterocycles. The van der Waals surface area contributed by atoms with Gasteiger partial charge in [-0.25, -0.2) is 4.79 Å². The van der Waals surface area contributed by atoms with Crippen LogP contribution < -0.4 is 0 Å². The molecule has 9 heteroatoms. The van der Waals surface area contributed by atoms with Crippen molar-refractivity contribution in [3.8, 4) is 0 Å². The van der Waals surface area contributed by atoms with E-state index in [1.54, 1.807) is 6.92 Å². The zero-order chi connectivity index (χ0) is 25.6. The van der Waals surface area contributed by atoms with Gasteiger partial charge in [0, 0.05) is 12.2 Å². The van der Waals surface area contributed by atoms with Crippen LogP contribution in [-0.4, -0.2) is 62.2 Å². The largest absolute Gasteiger partial charge is 0.460 e. The third kappa shape index (κ3) is 10.8. The van der Waals surface area contributed by atoms with E-state index in [-0.39, 0.29) is 23.3 Å². The summed E-state index contributed by atoms with van der Waals surface area (Å²) < 4.78 is 24.5. The molecule has 0 heterocycles. The minimum atomic E-state index is -2.46. The van der Waals surface area contributed by atoms with E-state index in [1.165, 1.54) is 0 Å². The fourth-order valence-corrected chi connectivity index (χ4v) is 15.8. The summed E-state index contributed by atoms with van der Waals surface area (Å²) in [5.41, 5.74) is 0.311. The zero-order valence-corrected chi connectivity index (χ0v) is 25.8. The van der Waals surface area contributed by atoms with Gasteiger partial charge in [0.05, 0.1) is 6.61 Å². The maximum Gasteiger partial charge on any atom is 0.333 e. The summed E-state index contributed by atoms with van der Waals surface area (Å²) in [6, 6.07) is 0.840. The maximum atomic E-state index is 11.4. The first kappa shape index (κ1) is 31.7. The Morgan fingerprint density at radius 3 is 1.72 bits per heavy atom. The highest BCUT2D eigenvalue weighted by Crippen LogP contribution is 2.43. The van der Waals surface area contributed by atoms with Crippen molar-refractivity contribution in [2.75, 3.05) is 19.8 Å². The molecular formula is C23H50O6Si3. The van der Waals surface area contributed by atoms with Crippen LogP contribution in [0.15, 0.2) is 12.2 Å². The number of rotatable bonds is 13. The highest BCUT2D eigenvalue weighted by atomic mass is 28.5. The van der Waals surface area contributed by atoms with Gasteiger partial charge in [0.15, 0.2) is 16.6 Å². The summed E-state index contributed by atoms with van der Waals surface area (Å²) in [7, 11) is -6.45. The van der Waals surface area contributed by atoms with E-state index in [4.69, 9.17) is 17.7 Å². The second-order valence-electron chi connectivity index (χ2n) is 12.1. The van der Waals surface area contributed by atoms with Crippen LogP contribution in [0, 0.1) is 0 Å². The molecule has 0 saturated heterocycles. The van der Waals surface area contributed by atoms with E-state index in [0.29, 0.717) is 12.2 Å². The summed E-state index contributed by atoms with van der Waals surface area (Å²) >= 11 is 0. The Bertz CT molecular complexity index is 592. The van der Waals surface area contributed by atoms with Crippen molar-refractivity contribution in [1.82, 2.24) is 0 Å². The molecule has 0 spiro atoms. The van der Waals surface area contributed by atoms with Crippen molar-refractivity contribution in [3.63, 3.8) is 0 Å². The van der Waals surface area contributed by atoms with E-state index >= 15 is 0 Å². The van der Waals surface area contributed by atoms with Gasteiger partial charge in [-0.2, -0.15) is 0 Å². The van der Waals surface area contributed by atoms with Crippen LogP contribution in [0.25, 0.3) is 0 Å². The highest BCUT2D eigenvalue weighted by molar-refractivity contribution is 6.89. The lowest BCUT2D eigenvalue weighted by Gasteiger charge is -2.48. The van der Waals surface area contributed by atoms with Gasteiger partial charge >= 0.3 is 14.5 Å². The third-order valence-electron chi connectivity index (χ3n) is 6.54. The molecule has 0 aromatic carbocycles. The minimum absolute atomic E-state index is 0.0961. The second kappa shape index (κ2) is 11.9. The number of aliphatic hydroxyl groups is 1. The van der Waals surface area contributed by atoms with Crippen molar-refractivity contribution in [2.45, 2.75) is 110 Å². The van der Waals surface area contributed by atoms with E-state index in [9.17, 15) is 9.90 Å². The predicted octanol–water partition coefficient (Wildman–Crippen LogP) is 5.99. The summed E-state index contributed by atoms with van der Waals surface area (Å²) in [6.45, 7) is 30.5. The first-order chi connectivity index (χ1) is 14.1. The second-order valence-corrected chi connectivity index (χ2v) is 25.5. The van der Waals surface area contributed by atoms with Crippen LogP contribution in [0.5, 0.6) is 0 Å². The van der Waals surface area contributed by atoms with Gasteiger partial charge in [-0.05, 0) is 62.2 Å². The monoisotopic (exact) mass is 506 g/mol. The van der Waals surface area contributed by atoms with E-state index in [0.717, 1.165) is 12.5 Å². The van der Waals surface area contributed by atoms with Gasteiger partial charge < -0.3 is 22.8 Å². The molecule has 0 amide bonds. The van der Waals surface area contributed by atoms with Crippen LogP contribution in [0.1, 0.15) is 54.9 Å². The predicted molar refractivity (Wildman–Crippen MR) is 140 cm³/mol. The molecule has 1 atom stereocenters. The van der Waals surface area contributed by atoms with Crippen molar-refractivity contribution in [1.29, 1.82) is 0 Å². The minimum Gasteiger partial charge on any atom is -0.460 e. The Morgan fingerprint density at radius 2 is 1.34 bits per heavy atom. The zero-order valence-electron chi connectivity index (χ0n) is 22.8. The quantitative estimate of drug-likeness (QED) is 0.143. The van der Waals surface area contributed by atoms with Crippen molar-refractivity contribution < 1.29 is 27.6 Å². The van der Waals surface area contributed by atoms with Gasteiger partial charge in [-0.3, -0.25) is 0 Å². The Hall–Kier alpha value is -0.299. The average Bonchev–Trinajstić information content (AvgIpc) is 2.55. The third-order valence-corrected chi connectivity index (χ3v) is 22.6. The molecule has 32 heavy (non-hydrogen) atoms. The number of hydrogen-bond donors (Lipinski definition) is 1. The molecule has 0 aromatic heterocycles. The molecule has 6 nitrogen and oxygen atoms in total. The molecule has 0 aliphatic rings. The first-order valence-corrected chi connectivity index (χ1v) is 20.0. The molecule has 190 valence electrons. The molecule has 0 aromatic rings. The smallest absolute Gasteiger partial charge is 0.333 e. The molecule has 0 rings (SSSR count). The lowest BCUT2D eigenvalue weighted by Crippen LogP contribution is -2.58. The van der Waals surface area contributed by atoms with E-state index in [2.05, 4.69) is 80.9 Å². The number of aliphatic hydroxyl groups excluding tert-OH is 1.